The summed E-state index contributed by atoms with van der Waals surface area (Å²) in [6.45, 7) is 3.74. The number of aromatic nitrogens is 1. The fourth-order valence-electron chi connectivity index (χ4n) is 2.34. The highest BCUT2D eigenvalue weighted by atomic mass is 32.2. The van der Waals surface area contributed by atoms with E-state index in [4.69, 9.17) is 0 Å². The second kappa shape index (κ2) is 6.23. The molecule has 0 saturated carbocycles. The maximum Gasteiger partial charge on any atom is 0.178 e. The fourth-order valence-corrected chi connectivity index (χ4v) is 3.08. The van der Waals surface area contributed by atoms with E-state index in [1.54, 1.807) is 6.92 Å². The molecule has 0 N–H and O–H groups in total. The van der Waals surface area contributed by atoms with Crippen molar-refractivity contribution in [3.63, 3.8) is 0 Å². The van der Waals surface area contributed by atoms with Crippen molar-refractivity contribution in [2.45, 2.75) is 31.4 Å². The molecule has 0 bridgehead atoms. The Bertz CT molecular complexity index is 405. The molecule has 0 spiro atoms. The second-order valence-electron chi connectivity index (χ2n) is 4.73. The number of hydrogen-bond donors (Lipinski definition) is 0. The lowest BCUT2D eigenvalue weighted by Gasteiger charge is -2.22. The summed E-state index contributed by atoms with van der Waals surface area (Å²) in [5, 5.41) is 0.791. The van der Waals surface area contributed by atoms with E-state index in [0.29, 0.717) is 5.69 Å². The number of carbonyl (C=O) groups is 1. The summed E-state index contributed by atoms with van der Waals surface area (Å²) in [4.78, 5) is 17.8. The van der Waals surface area contributed by atoms with Gasteiger partial charge in [-0.3, -0.25) is 9.78 Å². The predicted octanol–water partition coefficient (Wildman–Crippen LogP) is 3.01. The third-order valence-electron chi connectivity index (χ3n) is 3.48. The third-order valence-corrected chi connectivity index (χ3v) is 4.62. The van der Waals surface area contributed by atoms with Gasteiger partial charge in [-0.1, -0.05) is 0 Å². The summed E-state index contributed by atoms with van der Waals surface area (Å²) in [5.41, 5.74) is 1.69. The molecular weight excluding hydrogens is 244 g/mol. The predicted molar refractivity (Wildman–Crippen MR) is 77.6 cm³/mol. The molecule has 0 radical (unpaired) electrons. The number of ketones is 1. The van der Waals surface area contributed by atoms with Crippen molar-refractivity contribution in [1.82, 2.24) is 4.98 Å². The van der Waals surface area contributed by atoms with Crippen LogP contribution in [-0.4, -0.2) is 35.4 Å². The maximum atomic E-state index is 11.2. The molecule has 18 heavy (non-hydrogen) atoms. The first-order chi connectivity index (χ1) is 8.70. The highest BCUT2D eigenvalue weighted by Gasteiger charge is 2.16. The van der Waals surface area contributed by atoms with Gasteiger partial charge in [0.2, 0.25) is 0 Å². The van der Waals surface area contributed by atoms with Crippen molar-refractivity contribution in [2.75, 3.05) is 24.2 Å². The van der Waals surface area contributed by atoms with E-state index in [2.05, 4.69) is 16.1 Å². The summed E-state index contributed by atoms with van der Waals surface area (Å²) in [6.07, 6.45) is 7.80. The zero-order valence-corrected chi connectivity index (χ0v) is 11.9. The van der Waals surface area contributed by atoms with E-state index in [0.717, 1.165) is 24.0 Å². The Morgan fingerprint density at radius 3 is 2.83 bits per heavy atom. The van der Waals surface area contributed by atoms with Gasteiger partial charge in [0.25, 0.3) is 0 Å². The lowest BCUT2D eigenvalue weighted by Crippen LogP contribution is -2.24. The number of carbonyl (C=O) groups excluding carboxylic acids is 1. The maximum absolute atomic E-state index is 11.2. The summed E-state index contributed by atoms with van der Waals surface area (Å²) in [5.74, 6) is 0.0277. The van der Waals surface area contributed by atoms with Crippen LogP contribution in [0, 0.1) is 0 Å². The van der Waals surface area contributed by atoms with Crippen LogP contribution in [0.4, 0.5) is 5.69 Å². The minimum atomic E-state index is 0.0277. The largest absolute Gasteiger partial charge is 0.370 e. The van der Waals surface area contributed by atoms with Crippen LogP contribution >= 0.6 is 11.8 Å². The number of Topliss-reactive ketones (excluding diaryl/α,β-unsaturated/α-hetero) is 1. The fraction of sp³-hybridized carbons (Fsp3) is 0.571. The molecule has 1 saturated heterocycles. The molecule has 0 aromatic carbocycles. The number of nitrogens with zero attached hydrogens (tertiary/aromatic N) is 2. The van der Waals surface area contributed by atoms with E-state index in [1.807, 2.05) is 30.1 Å². The van der Waals surface area contributed by atoms with Crippen LogP contribution in [0.3, 0.4) is 0 Å². The van der Waals surface area contributed by atoms with Crippen molar-refractivity contribution in [1.29, 1.82) is 0 Å². The molecule has 1 unspecified atom stereocenters. The van der Waals surface area contributed by atoms with Crippen molar-refractivity contribution in [2.24, 2.45) is 0 Å². The van der Waals surface area contributed by atoms with Crippen molar-refractivity contribution >= 4 is 23.2 Å². The molecule has 1 aromatic heterocycles. The van der Waals surface area contributed by atoms with Crippen LogP contribution < -0.4 is 4.90 Å². The lowest BCUT2D eigenvalue weighted by atomic mass is 10.2. The van der Waals surface area contributed by atoms with Crippen LogP contribution in [0.5, 0.6) is 0 Å². The summed E-state index contributed by atoms with van der Waals surface area (Å²) >= 11 is 1.98. The third kappa shape index (κ3) is 3.25. The van der Waals surface area contributed by atoms with Gasteiger partial charge in [-0.2, -0.15) is 11.8 Å². The molecule has 4 heteroatoms. The topological polar surface area (TPSA) is 33.2 Å². The molecule has 0 aliphatic carbocycles. The van der Waals surface area contributed by atoms with Crippen LogP contribution in [0.15, 0.2) is 18.3 Å². The zero-order chi connectivity index (χ0) is 13.0. The van der Waals surface area contributed by atoms with Crippen LogP contribution in [-0.2, 0) is 0 Å². The smallest absolute Gasteiger partial charge is 0.178 e. The highest BCUT2D eigenvalue weighted by Crippen LogP contribution is 2.24. The SMILES string of the molecule is CSC1CCCN(c2ccc(C(C)=O)nc2)CC1. The molecule has 1 fully saturated rings. The van der Waals surface area contributed by atoms with Gasteiger partial charge in [-0.05, 0) is 37.7 Å². The Kier molecular flexibility index (Phi) is 4.64. The van der Waals surface area contributed by atoms with Crippen molar-refractivity contribution < 1.29 is 4.79 Å². The van der Waals surface area contributed by atoms with E-state index in [-0.39, 0.29) is 5.78 Å². The Labute approximate surface area is 113 Å². The van der Waals surface area contributed by atoms with Gasteiger partial charge >= 0.3 is 0 Å². The molecule has 1 aromatic rings. The highest BCUT2D eigenvalue weighted by molar-refractivity contribution is 7.99. The van der Waals surface area contributed by atoms with Crippen molar-refractivity contribution in [3.05, 3.63) is 24.0 Å². The van der Waals surface area contributed by atoms with Gasteiger partial charge in [0.1, 0.15) is 5.69 Å². The van der Waals surface area contributed by atoms with E-state index >= 15 is 0 Å². The number of hydrogen-bond acceptors (Lipinski definition) is 4. The average molecular weight is 264 g/mol. The van der Waals surface area contributed by atoms with Crippen molar-refractivity contribution in [3.8, 4) is 0 Å². The summed E-state index contributed by atoms with van der Waals surface area (Å²) in [6, 6.07) is 3.85. The van der Waals surface area contributed by atoms with Crippen LogP contribution in [0.2, 0.25) is 0 Å². The van der Waals surface area contributed by atoms with E-state index < -0.39 is 0 Å². The summed E-state index contributed by atoms with van der Waals surface area (Å²) in [7, 11) is 0. The molecule has 1 aliphatic rings. The molecule has 3 nitrogen and oxygen atoms in total. The zero-order valence-electron chi connectivity index (χ0n) is 11.1. The molecule has 2 heterocycles. The standard InChI is InChI=1S/C14H20N2OS/c1-11(17)14-6-5-12(10-15-14)16-8-3-4-13(18-2)7-9-16/h5-6,10,13H,3-4,7-9H2,1-2H3. The quantitative estimate of drug-likeness (QED) is 0.786. The normalized spacial score (nSPS) is 20.6. The Morgan fingerprint density at radius 1 is 1.39 bits per heavy atom. The van der Waals surface area contributed by atoms with Gasteiger partial charge in [-0.15, -0.1) is 0 Å². The van der Waals surface area contributed by atoms with Crippen LogP contribution in [0.25, 0.3) is 0 Å². The van der Waals surface area contributed by atoms with Gasteiger partial charge in [0.05, 0.1) is 11.9 Å². The first-order valence-electron chi connectivity index (χ1n) is 6.45. The molecule has 1 atom stereocenters. The number of anilines is 1. The summed E-state index contributed by atoms with van der Waals surface area (Å²) < 4.78 is 0. The molecule has 2 rings (SSSR count). The molecule has 1 aliphatic heterocycles. The Balaban J connectivity index is 2.04. The Hall–Kier alpha value is -1.03. The number of thioether (sulfide) groups is 1. The number of rotatable bonds is 3. The van der Waals surface area contributed by atoms with E-state index in [9.17, 15) is 4.79 Å². The van der Waals surface area contributed by atoms with Gasteiger partial charge in [0.15, 0.2) is 5.78 Å². The molecule has 98 valence electrons. The molecular formula is C14H20N2OS. The Morgan fingerprint density at radius 2 is 2.22 bits per heavy atom. The first-order valence-corrected chi connectivity index (χ1v) is 7.74. The van der Waals surface area contributed by atoms with Crippen LogP contribution in [0.1, 0.15) is 36.7 Å². The van der Waals surface area contributed by atoms with Gasteiger partial charge in [-0.25, -0.2) is 0 Å². The minimum Gasteiger partial charge on any atom is -0.370 e. The number of pyridine rings is 1. The van der Waals surface area contributed by atoms with Gasteiger partial charge in [0, 0.05) is 25.3 Å². The lowest BCUT2D eigenvalue weighted by molar-refractivity contribution is 0.101. The molecule has 0 amide bonds. The van der Waals surface area contributed by atoms with Gasteiger partial charge < -0.3 is 4.90 Å². The monoisotopic (exact) mass is 264 g/mol. The second-order valence-corrected chi connectivity index (χ2v) is 5.87. The first kappa shape index (κ1) is 13.4. The van der Waals surface area contributed by atoms with E-state index in [1.165, 1.54) is 19.3 Å². The minimum absolute atomic E-state index is 0.0277. The average Bonchev–Trinajstić information content (AvgIpc) is 2.64.